The second-order valence-corrected chi connectivity index (χ2v) is 6.97. The minimum absolute atomic E-state index is 0.209. The molecule has 0 aliphatic rings. The predicted molar refractivity (Wildman–Crippen MR) is 116 cm³/mol. The van der Waals surface area contributed by atoms with Gasteiger partial charge in [-0.05, 0) is 37.3 Å². The van der Waals surface area contributed by atoms with Gasteiger partial charge in [0, 0.05) is 22.5 Å². The van der Waals surface area contributed by atoms with Gasteiger partial charge in [-0.2, -0.15) is 5.10 Å². The lowest BCUT2D eigenvalue weighted by atomic mass is 10.1. The molecule has 1 amide bonds. The van der Waals surface area contributed by atoms with Crippen molar-refractivity contribution in [2.45, 2.75) is 6.92 Å². The molecule has 29 heavy (non-hydrogen) atoms. The van der Waals surface area contributed by atoms with Crippen LogP contribution in [-0.2, 0) is 0 Å². The molecule has 3 aromatic carbocycles. The fraction of sp³-hybridized carbons (Fsp3) is 0.0417. The molecule has 1 N–H and O–H groups in total. The molecule has 0 saturated heterocycles. The lowest BCUT2D eigenvalue weighted by Crippen LogP contribution is -2.13. The van der Waals surface area contributed by atoms with Gasteiger partial charge in [0.05, 0.1) is 11.2 Å². The maximum Gasteiger partial charge on any atom is 0.256 e. The van der Waals surface area contributed by atoms with E-state index in [1.807, 2.05) is 65.5 Å². The Kier molecular flexibility index (Phi) is 4.06. The molecule has 5 rings (SSSR count). The van der Waals surface area contributed by atoms with Gasteiger partial charge in [-0.3, -0.25) is 4.79 Å². The Morgan fingerprint density at radius 3 is 2.38 bits per heavy atom. The number of hydrogen-bond donors (Lipinski definition) is 1. The van der Waals surface area contributed by atoms with Crippen molar-refractivity contribution in [3.63, 3.8) is 0 Å². The number of nitrogens with one attached hydrogen (secondary N) is 1. The van der Waals surface area contributed by atoms with Crippen LogP contribution < -0.4 is 5.32 Å². The monoisotopic (exact) mass is 378 g/mol. The molecule has 0 bridgehead atoms. The maximum atomic E-state index is 12.7. The summed E-state index contributed by atoms with van der Waals surface area (Å²) in [6.45, 7) is 2.05. The number of fused-ring (bicyclic) bond motifs is 3. The molecule has 0 fully saturated rings. The second-order valence-electron chi connectivity index (χ2n) is 6.97. The Bertz CT molecular complexity index is 1340. The number of rotatable bonds is 3. The van der Waals surface area contributed by atoms with Gasteiger partial charge in [0.25, 0.3) is 5.91 Å². The summed E-state index contributed by atoms with van der Waals surface area (Å²) in [6.07, 6.45) is 1.99. The topological polar surface area (TPSA) is 59.8 Å². The van der Waals surface area contributed by atoms with Gasteiger partial charge in [-0.1, -0.05) is 54.1 Å². The van der Waals surface area contributed by atoms with E-state index >= 15 is 0 Å². The van der Waals surface area contributed by atoms with E-state index in [4.69, 9.17) is 5.10 Å². The summed E-state index contributed by atoms with van der Waals surface area (Å²) in [5, 5.41) is 9.63. The smallest absolute Gasteiger partial charge is 0.256 e. The van der Waals surface area contributed by atoms with Crippen LogP contribution in [0.25, 0.3) is 27.5 Å². The van der Waals surface area contributed by atoms with E-state index in [1.165, 1.54) is 5.56 Å². The SMILES string of the molecule is Cc1ccc(-n2cc3c(n2)c(NC(=O)c2ccccc2)nc2ccccc23)cc1. The third kappa shape index (κ3) is 3.12. The Morgan fingerprint density at radius 1 is 0.862 bits per heavy atom. The number of hydrogen-bond acceptors (Lipinski definition) is 3. The van der Waals surface area contributed by atoms with Crippen molar-refractivity contribution in [2.75, 3.05) is 5.32 Å². The van der Waals surface area contributed by atoms with Crippen LogP contribution in [0.1, 0.15) is 15.9 Å². The zero-order valence-corrected chi connectivity index (χ0v) is 15.8. The first-order chi connectivity index (χ1) is 14.2. The highest BCUT2D eigenvalue weighted by Crippen LogP contribution is 2.29. The summed E-state index contributed by atoms with van der Waals surface area (Å²) in [5.41, 5.74) is 4.19. The van der Waals surface area contributed by atoms with Gasteiger partial charge in [-0.25, -0.2) is 9.67 Å². The van der Waals surface area contributed by atoms with Crippen molar-refractivity contribution in [1.29, 1.82) is 0 Å². The summed E-state index contributed by atoms with van der Waals surface area (Å²) in [7, 11) is 0. The quantitative estimate of drug-likeness (QED) is 0.473. The largest absolute Gasteiger partial charge is 0.305 e. The van der Waals surface area contributed by atoms with Crippen molar-refractivity contribution in [2.24, 2.45) is 0 Å². The first-order valence-corrected chi connectivity index (χ1v) is 9.40. The summed E-state index contributed by atoms with van der Waals surface area (Å²) in [4.78, 5) is 17.4. The van der Waals surface area contributed by atoms with Crippen LogP contribution in [0.2, 0.25) is 0 Å². The number of nitrogens with zero attached hydrogens (tertiary/aromatic N) is 3. The van der Waals surface area contributed by atoms with Crippen LogP contribution >= 0.6 is 0 Å². The van der Waals surface area contributed by atoms with E-state index in [2.05, 4.69) is 29.4 Å². The van der Waals surface area contributed by atoms with Crippen LogP contribution in [0.5, 0.6) is 0 Å². The molecule has 5 nitrogen and oxygen atoms in total. The molecule has 2 heterocycles. The summed E-state index contributed by atoms with van der Waals surface area (Å²) in [6, 6.07) is 25.1. The molecule has 0 aliphatic heterocycles. The summed E-state index contributed by atoms with van der Waals surface area (Å²) < 4.78 is 1.83. The minimum Gasteiger partial charge on any atom is -0.305 e. The Hall–Kier alpha value is -3.99. The number of benzene rings is 3. The minimum atomic E-state index is -0.209. The van der Waals surface area contributed by atoms with E-state index in [-0.39, 0.29) is 5.91 Å². The van der Waals surface area contributed by atoms with Gasteiger partial charge < -0.3 is 5.32 Å². The van der Waals surface area contributed by atoms with E-state index in [0.717, 1.165) is 22.0 Å². The zero-order valence-electron chi connectivity index (χ0n) is 15.8. The van der Waals surface area contributed by atoms with Crippen molar-refractivity contribution in [3.05, 3.63) is 96.2 Å². The number of para-hydroxylation sites is 1. The number of anilines is 1. The van der Waals surface area contributed by atoms with Gasteiger partial charge in [-0.15, -0.1) is 0 Å². The predicted octanol–water partition coefficient (Wildman–Crippen LogP) is 5.13. The fourth-order valence-corrected chi connectivity index (χ4v) is 3.40. The molecular formula is C24H18N4O. The van der Waals surface area contributed by atoms with Gasteiger partial charge in [0.1, 0.15) is 5.52 Å². The highest BCUT2D eigenvalue weighted by molar-refractivity contribution is 6.13. The molecule has 0 aliphatic carbocycles. The Morgan fingerprint density at radius 2 is 1.59 bits per heavy atom. The highest BCUT2D eigenvalue weighted by atomic mass is 16.1. The molecule has 0 atom stereocenters. The Balaban J connectivity index is 1.67. The molecule has 5 heteroatoms. The molecular weight excluding hydrogens is 360 g/mol. The summed E-state index contributed by atoms with van der Waals surface area (Å²) in [5.74, 6) is 0.248. The third-order valence-corrected chi connectivity index (χ3v) is 4.93. The first-order valence-electron chi connectivity index (χ1n) is 9.40. The standard InChI is InChI=1S/C24H18N4O/c1-16-11-13-18(14-12-16)28-15-20-19-9-5-6-10-21(19)25-23(22(20)27-28)26-24(29)17-7-3-2-4-8-17/h2-15H,1H3,(H,25,26,29). The van der Waals surface area contributed by atoms with E-state index in [9.17, 15) is 4.79 Å². The molecule has 0 saturated carbocycles. The number of pyridine rings is 1. The lowest BCUT2D eigenvalue weighted by molar-refractivity contribution is 0.102. The maximum absolute atomic E-state index is 12.7. The van der Waals surface area contributed by atoms with Crippen molar-refractivity contribution in [3.8, 4) is 5.69 Å². The highest BCUT2D eigenvalue weighted by Gasteiger charge is 2.16. The first kappa shape index (κ1) is 17.1. The van der Waals surface area contributed by atoms with Gasteiger partial charge >= 0.3 is 0 Å². The van der Waals surface area contributed by atoms with Crippen molar-refractivity contribution in [1.82, 2.24) is 14.8 Å². The molecule has 0 unspecified atom stereocenters. The van der Waals surface area contributed by atoms with Crippen molar-refractivity contribution < 1.29 is 4.79 Å². The van der Waals surface area contributed by atoms with Crippen LogP contribution in [0.15, 0.2) is 85.1 Å². The van der Waals surface area contributed by atoms with Crippen LogP contribution in [0.3, 0.4) is 0 Å². The number of aromatic nitrogens is 3. The average Bonchev–Trinajstić information content (AvgIpc) is 3.21. The third-order valence-electron chi connectivity index (χ3n) is 4.93. The molecule has 0 radical (unpaired) electrons. The average molecular weight is 378 g/mol. The number of carbonyl (C=O) groups is 1. The van der Waals surface area contributed by atoms with Gasteiger partial charge in [0.15, 0.2) is 5.82 Å². The number of carbonyl (C=O) groups excluding carboxylic acids is 1. The van der Waals surface area contributed by atoms with Gasteiger partial charge in [0.2, 0.25) is 0 Å². The fourth-order valence-electron chi connectivity index (χ4n) is 3.40. The zero-order chi connectivity index (χ0) is 19.8. The van der Waals surface area contributed by atoms with Crippen LogP contribution in [-0.4, -0.2) is 20.7 Å². The number of amides is 1. The lowest BCUT2D eigenvalue weighted by Gasteiger charge is -2.07. The summed E-state index contributed by atoms with van der Waals surface area (Å²) >= 11 is 0. The van der Waals surface area contributed by atoms with Crippen LogP contribution in [0.4, 0.5) is 5.82 Å². The molecule has 5 aromatic rings. The number of aryl methyl sites for hydroxylation is 1. The molecule has 0 spiro atoms. The van der Waals surface area contributed by atoms with E-state index in [1.54, 1.807) is 12.1 Å². The van der Waals surface area contributed by atoms with Crippen molar-refractivity contribution >= 4 is 33.5 Å². The second kappa shape index (κ2) is 6.87. The van der Waals surface area contributed by atoms with Crippen LogP contribution in [0, 0.1) is 6.92 Å². The normalized spacial score (nSPS) is 11.1. The molecule has 140 valence electrons. The van der Waals surface area contributed by atoms with E-state index in [0.29, 0.717) is 16.9 Å². The molecule has 2 aromatic heterocycles. The van der Waals surface area contributed by atoms with E-state index < -0.39 is 0 Å². The Labute approximate surface area is 167 Å².